The van der Waals surface area contributed by atoms with Gasteiger partial charge in [-0.3, -0.25) is 10.1 Å². The number of pyridine rings is 1. The lowest BCUT2D eigenvalue weighted by Crippen LogP contribution is -2.41. The lowest BCUT2D eigenvalue weighted by Gasteiger charge is -2.33. The standard InChI is InChI=1S/C13H20N4O2S/c1-3-6-14-12-5-4-11(17(18)19)13(15-12)16-7-8-20-9-10(16)2/h4-5,10H,3,6-9H2,1-2H3,(H,14,15). The molecule has 0 aliphatic carbocycles. The molecule has 0 saturated carbocycles. The van der Waals surface area contributed by atoms with Crippen molar-refractivity contribution in [3.63, 3.8) is 0 Å². The van der Waals surface area contributed by atoms with E-state index in [1.165, 1.54) is 0 Å². The van der Waals surface area contributed by atoms with Crippen LogP contribution in [0.3, 0.4) is 0 Å². The Morgan fingerprint density at radius 1 is 1.60 bits per heavy atom. The fraction of sp³-hybridized carbons (Fsp3) is 0.615. The van der Waals surface area contributed by atoms with E-state index in [-0.39, 0.29) is 16.7 Å². The van der Waals surface area contributed by atoms with Gasteiger partial charge in [0.25, 0.3) is 0 Å². The molecular weight excluding hydrogens is 276 g/mol. The monoisotopic (exact) mass is 296 g/mol. The summed E-state index contributed by atoms with van der Waals surface area (Å²) in [5.74, 6) is 3.16. The molecule has 1 atom stereocenters. The third-order valence-electron chi connectivity index (χ3n) is 3.25. The highest BCUT2D eigenvalue weighted by molar-refractivity contribution is 7.99. The van der Waals surface area contributed by atoms with E-state index in [4.69, 9.17) is 0 Å². The average Bonchev–Trinajstić information content (AvgIpc) is 2.45. The second-order valence-electron chi connectivity index (χ2n) is 4.84. The van der Waals surface area contributed by atoms with E-state index in [1.54, 1.807) is 12.1 Å². The molecule has 20 heavy (non-hydrogen) atoms. The van der Waals surface area contributed by atoms with Crippen LogP contribution in [-0.2, 0) is 0 Å². The van der Waals surface area contributed by atoms with Gasteiger partial charge in [-0.1, -0.05) is 6.92 Å². The summed E-state index contributed by atoms with van der Waals surface area (Å²) in [6.45, 7) is 5.78. The summed E-state index contributed by atoms with van der Waals surface area (Å²) in [6, 6.07) is 3.50. The maximum atomic E-state index is 11.2. The minimum Gasteiger partial charge on any atom is -0.370 e. The van der Waals surface area contributed by atoms with Crippen LogP contribution in [0, 0.1) is 10.1 Å². The predicted octanol–water partition coefficient (Wildman–Crippen LogP) is 2.75. The first kappa shape index (κ1) is 14.9. The highest BCUT2D eigenvalue weighted by atomic mass is 32.2. The van der Waals surface area contributed by atoms with Gasteiger partial charge < -0.3 is 10.2 Å². The summed E-state index contributed by atoms with van der Waals surface area (Å²) in [7, 11) is 0. The van der Waals surface area contributed by atoms with Gasteiger partial charge >= 0.3 is 5.69 Å². The summed E-state index contributed by atoms with van der Waals surface area (Å²) in [6.07, 6.45) is 0.991. The molecule has 1 aliphatic heterocycles. The molecule has 1 unspecified atom stereocenters. The van der Waals surface area contributed by atoms with Crippen LogP contribution in [0.5, 0.6) is 0 Å². The summed E-state index contributed by atoms with van der Waals surface area (Å²) in [5.41, 5.74) is 0.0887. The quantitative estimate of drug-likeness (QED) is 0.665. The topological polar surface area (TPSA) is 71.3 Å². The van der Waals surface area contributed by atoms with Crippen LogP contribution >= 0.6 is 11.8 Å². The second kappa shape index (κ2) is 6.78. The normalized spacial score (nSPS) is 18.9. The van der Waals surface area contributed by atoms with Crippen molar-refractivity contribution in [3.8, 4) is 0 Å². The Balaban J connectivity index is 2.33. The van der Waals surface area contributed by atoms with Crippen molar-refractivity contribution in [2.24, 2.45) is 0 Å². The minimum atomic E-state index is -0.347. The lowest BCUT2D eigenvalue weighted by atomic mass is 10.2. The molecule has 2 heterocycles. The molecule has 1 saturated heterocycles. The number of hydrogen-bond acceptors (Lipinski definition) is 6. The molecule has 1 N–H and O–H groups in total. The summed E-state index contributed by atoms with van der Waals surface area (Å²) in [5, 5.41) is 14.4. The van der Waals surface area contributed by atoms with Crippen molar-refractivity contribution < 1.29 is 4.92 Å². The summed E-state index contributed by atoms with van der Waals surface area (Å²) >= 11 is 1.88. The Morgan fingerprint density at radius 2 is 2.40 bits per heavy atom. The summed E-state index contributed by atoms with van der Waals surface area (Å²) < 4.78 is 0. The molecule has 0 radical (unpaired) electrons. The molecule has 2 rings (SSSR count). The molecule has 0 aromatic carbocycles. The van der Waals surface area contributed by atoms with Crippen LogP contribution in [0.1, 0.15) is 20.3 Å². The van der Waals surface area contributed by atoms with Crippen LogP contribution in [0.2, 0.25) is 0 Å². The van der Waals surface area contributed by atoms with Crippen molar-refractivity contribution in [1.82, 2.24) is 4.98 Å². The Labute approximate surface area is 123 Å². The van der Waals surface area contributed by atoms with Gasteiger partial charge in [0.1, 0.15) is 5.82 Å². The van der Waals surface area contributed by atoms with E-state index in [2.05, 4.69) is 24.1 Å². The van der Waals surface area contributed by atoms with E-state index in [1.807, 2.05) is 16.7 Å². The molecule has 7 heteroatoms. The van der Waals surface area contributed by atoms with Crippen molar-refractivity contribution in [2.45, 2.75) is 26.3 Å². The fourth-order valence-corrected chi connectivity index (χ4v) is 3.20. The zero-order valence-electron chi connectivity index (χ0n) is 11.8. The number of anilines is 2. The molecule has 0 bridgehead atoms. The van der Waals surface area contributed by atoms with Gasteiger partial charge in [-0.2, -0.15) is 11.8 Å². The third-order valence-corrected chi connectivity index (χ3v) is 4.44. The number of nitrogens with one attached hydrogen (secondary N) is 1. The molecule has 6 nitrogen and oxygen atoms in total. The predicted molar refractivity (Wildman–Crippen MR) is 83.8 cm³/mol. The number of nitrogens with zero attached hydrogens (tertiary/aromatic N) is 3. The minimum absolute atomic E-state index is 0.0887. The van der Waals surface area contributed by atoms with Crippen LogP contribution in [0.25, 0.3) is 0 Å². The molecule has 1 aliphatic rings. The highest BCUT2D eigenvalue weighted by Gasteiger charge is 2.27. The van der Waals surface area contributed by atoms with Crippen molar-refractivity contribution in [2.75, 3.05) is 34.8 Å². The molecule has 1 aromatic rings. The molecule has 110 valence electrons. The zero-order valence-corrected chi connectivity index (χ0v) is 12.7. The average molecular weight is 296 g/mol. The molecule has 1 aromatic heterocycles. The van der Waals surface area contributed by atoms with Gasteiger partial charge in [0, 0.05) is 36.7 Å². The molecule has 0 amide bonds. The van der Waals surface area contributed by atoms with Gasteiger partial charge in [-0.15, -0.1) is 0 Å². The number of aromatic nitrogens is 1. The summed E-state index contributed by atoms with van der Waals surface area (Å²) in [4.78, 5) is 17.4. The first-order chi connectivity index (χ1) is 9.63. The van der Waals surface area contributed by atoms with Gasteiger partial charge in [0.05, 0.1) is 4.92 Å². The second-order valence-corrected chi connectivity index (χ2v) is 5.99. The first-order valence-electron chi connectivity index (χ1n) is 6.87. The van der Waals surface area contributed by atoms with Gasteiger partial charge in [0.2, 0.25) is 5.82 Å². The van der Waals surface area contributed by atoms with Crippen LogP contribution in [0.4, 0.5) is 17.3 Å². The lowest BCUT2D eigenvalue weighted by molar-refractivity contribution is -0.384. The van der Waals surface area contributed by atoms with Gasteiger partial charge in [-0.05, 0) is 19.4 Å². The third kappa shape index (κ3) is 3.33. The Morgan fingerprint density at radius 3 is 3.05 bits per heavy atom. The number of thioether (sulfide) groups is 1. The largest absolute Gasteiger partial charge is 0.370 e. The van der Waals surface area contributed by atoms with E-state index in [0.717, 1.165) is 31.0 Å². The van der Waals surface area contributed by atoms with E-state index >= 15 is 0 Å². The zero-order chi connectivity index (χ0) is 14.5. The molecule has 1 fully saturated rings. The SMILES string of the molecule is CCCNc1ccc([N+](=O)[O-])c(N2CCSCC2C)n1. The number of nitro groups is 1. The first-order valence-corrected chi connectivity index (χ1v) is 8.02. The van der Waals surface area contributed by atoms with Gasteiger partial charge in [-0.25, -0.2) is 4.98 Å². The van der Waals surface area contributed by atoms with E-state index in [0.29, 0.717) is 11.6 Å². The molecule has 0 spiro atoms. The molecular formula is C13H20N4O2S. The van der Waals surface area contributed by atoms with Crippen molar-refractivity contribution >= 4 is 29.1 Å². The fourth-order valence-electron chi connectivity index (χ4n) is 2.19. The number of hydrogen-bond donors (Lipinski definition) is 1. The van der Waals surface area contributed by atoms with Crippen molar-refractivity contribution in [3.05, 3.63) is 22.2 Å². The Bertz CT molecular complexity index is 483. The maximum Gasteiger partial charge on any atom is 0.311 e. The van der Waals surface area contributed by atoms with Crippen LogP contribution < -0.4 is 10.2 Å². The Hall–Kier alpha value is -1.50. The van der Waals surface area contributed by atoms with Crippen molar-refractivity contribution in [1.29, 1.82) is 0 Å². The van der Waals surface area contributed by atoms with Crippen LogP contribution in [-0.4, -0.2) is 40.5 Å². The van der Waals surface area contributed by atoms with E-state index in [9.17, 15) is 10.1 Å². The van der Waals surface area contributed by atoms with E-state index < -0.39 is 0 Å². The smallest absolute Gasteiger partial charge is 0.311 e. The highest BCUT2D eigenvalue weighted by Crippen LogP contribution is 2.31. The number of rotatable bonds is 5. The van der Waals surface area contributed by atoms with Gasteiger partial charge in [0.15, 0.2) is 0 Å². The van der Waals surface area contributed by atoms with Crippen LogP contribution in [0.15, 0.2) is 12.1 Å². The Kier molecular flexibility index (Phi) is 5.05. The maximum absolute atomic E-state index is 11.2.